The third kappa shape index (κ3) is 5.04. The topological polar surface area (TPSA) is 91.2 Å². The van der Waals surface area contributed by atoms with Gasteiger partial charge in [0.25, 0.3) is 0 Å². The zero-order valence-electron chi connectivity index (χ0n) is 22.4. The Morgan fingerprint density at radius 1 is 1.11 bits per heavy atom. The molecule has 7 atom stereocenters. The lowest BCUT2D eigenvalue weighted by atomic mass is 9.44. The highest BCUT2D eigenvalue weighted by Crippen LogP contribution is 2.67. The molecule has 0 saturated heterocycles. The van der Waals surface area contributed by atoms with Crippen LogP contribution in [0.25, 0.3) is 0 Å². The zero-order valence-corrected chi connectivity index (χ0v) is 22.4. The molecule has 7 heteroatoms. The van der Waals surface area contributed by atoms with E-state index in [0.717, 1.165) is 49.8 Å². The Morgan fingerprint density at radius 2 is 1.89 bits per heavy atom. The van der Waals surface area contributed by atoms with Gasteiger partial charge in [0.05, 0.1) is 12.3 Å². The highest BCUT2D eigenvalue weighted by Gasteiger charge is 2.60. The van der Waals surface area contributed by atoms with Crippen molar-refractivity contribution in [2.45, 2.75) is 85.5 Å². The third-order valence-corrected chi connectivity index (χ3v) is 10.7. The number of Topliss-reactive ketones (excluding diaryl/α,β-unsaturated/α-hetero) is 1. The summed E-state index contributed by atoms with van der Waals surface area (Å²) in [4.78, 5) is 31.7. The number of fused-ring (bicyclic) bond motifs is 5. The normalized spacial score (nSPS) is 38.9. The molecule has 7 nitrogen and oxygen atoms in total. The van der Waals surface area contributed by atoms with Gasteiger partial charge in [-0.05, 0) is 92.9 Å². The fraction of sp³-hybridized carbons (Fsp3) is 0.893. The van der Waals surface area contributed by atoms with Crippen molar-refractivity contribution >= 4 is 17.6 Å². The van der Waals surface area contributed by atoms with E-state index < -0.39 is 6.09 Å². The molecule has 0 aromatic heterocycles. The number of hydrogen-bond acceptors (Lipinski definition) is 6. The van der Waals surface area contributed by atoms with Crippen molar-refractivity contribution < 1.29 is 19.5 Å². The average Bonchev–Trinajstić information content (AvgIpc) is 3.19. The number of ketones is 1. The van der Waals surface area contributed by atoms with Gasteiger partial charge in [0.15, 0.2) is 0 Å². The molecular formula is C28H47N3O4. The summed E-state index contributed by atoms with van der Waals surface area (Å²) in [5, 5.41) is 16.9. The maximum atomic E-state index is 12.6. The maximum absolute atomic E-state index is 12.6. The molecule has 0 aromatic carbocycles. The number of carbonyl (C=O) groups excluding carboxylic acids is 2. The summed E-state index contributed by atoms with van der Waals surface area (Å²) >= 11 is 0. The molecular weight excluding hydrogens is 442 g/mol. The average molecular weight is 490 g/mol. The van der Waals surface area contributed by atoms with Crippen molar-refractivity contribution in [2.75, 3.05) is 32.8 Å². The molecule has 4 aliphatic rings. The van der Waals surface area contributed by atoms with Crippen LogP contribution < -0.4 is 5.32 Å². The summed E-state index contributed by atoms with van der Waals surface area (Å²) in [6.07, 6.45) is 9.42. The van der Waals surface area contributed by atoms with E-state index in [1.165, 1.54) is 37.0 Å². The zero-order chi connectivity index (χ0) is 25.2. The highest BCUT2D eigenvalue weighted by atomic mass is 16.7. The number of oxime groups is 1. The Balaban J connectivity index is 1.42. The minimum atomic E-state index is -0.488. The van der Waals surface area contributed by atoms with Gasteiger partial charge in [0, 0.05) is 38.4 Å². The number of rotatable bonds is 8. The lowest BCUT2D eigenvalue weighted by Gasteiger charge is -2.60. The number of amides is 1. The molecule has 0 spiro atoms. The van der Waals surface area contributed by atoms with Crippen LogP contribution in [0.5, 0.6) is 0 Å². The standard InChI is InChI=1S/C28H47N3O4/c1-5-29-14-15-31(16-17-32)26(34)35-30-19(2)23-8-9-24-22-7-6-20-18-21(33)10-12-27(20,3)25(22)11-13-28(23,24)4/h20,22-25,29,32H,5-18H2,1-4H3/b30-19+/t20-,22+,23-,24+,25+,27+,28-/m1/s1. The molecule has 35 heavy (non-hydrogen) atoms. The molecule has 0 aromatic rings. The summed E-state index contributed by atoms with van der Waals surface area (Å²) in [6, 6.07) is 0. The summed E-state index contributed by atoms with van der Waals surface area (Å²) < 4.78 is 0. The predicted molar refractivity (Wildman–Crippen MR) is 137 cm³/mol. The van der Waals surface area contributed by atoms with Crippen LogP contribution in [0.4, 0.5) is 4.79 Å². The first-order valence-corrected chi connectivity index (χ1v) is 14.1. The van der Waals surface area contributed by atoms with Gasteiger partial charge in [0.2, 0.25) is 0 Å². The van der Waals surface area contributed by atoms with E-state index in [4.69, 9.17) is 4.84 Å². The number of aliphatic hydroxyl groups is 1. The number of carbonyl (C=O) groups is 2. The highest BCUT2D eigenvalue weighted by molar-refractivity contribution is 5.85. The van der Waals surface area contributed by atoms with Crippen LogP contribution in [0, 0.1) is 40.4 Å². The minimum absolute atomic E-state index is 0.0945. The molecule has 198 valence electrons. The number of nitrogens with one attached hydrogen (secondary N) is 1. The molecule has 0 unspecified atom stereocenters. The smallest absolute Gasteiger partial charge is 0.395 e. The Morgan fingerprint density at radius 3 is 2.63 bits per heavy atom. The quantitative estimate of drug-likeness (QED) is 0.224. The monoisotopic (exact) mass is 489 g/mol. The molecule has 2 N–H and O–H groups in total. The maximum Gasteiger partial charge on any atom is 0.436 e. The summed E-state index contributed by atoms with van der Waals surface area (Å²) in [6.45, 7) is 11.1. The van der Waals surface area contributed by atoms with Gasteiger partial charge in [-0.2, -0.15) is 0 Å². The molecule has 4 fully saturated rings. The van der Waals surface area contributed by atoms with Crippen molar-refractivity contribution in [2.24, 2.45) is 45.6 Å². The molecule has 1 amide bonds. The van der Waals surface area contributed by atoms with Crippen molar-refractivity contribution in [3.8, 4) is 0 Å². The first-order valence-electron chi connectivity index (χ1n) is 14.1. The lowest BCUT2D eigenvalue weighted by molar-refractivity contribution is -0.138. The van der Waals surface area contributed by atoms with Gasteiger partial charge in [-0.3, -0.25) is 9.63 Å². The Kier molecular flexibility index (Phi) is 8.26. The van der Waals surface area contributed by atoms with E-state index in [1.54, 1.807) is 0 Å². The van der Waals surface area contributed by atoms with Gasteiger partial charge in [-0.15, -0.1) is 0 Å². The predicted octanol–water partition coefficient (Wildman–Crippen LogP) is 4.63. The van der Waals surface area contributed by atoms with E-state index in [1.807, 2.05) is 13.8 Å². The second kappa shape index (κ2) is 10.9. The molecule has 0 bridgehead atoms. The second-order valence-corrected chi connectivity index (χ2v) is 12.2. The van der Waals surface area contributed by atoms with Crippen LogP contribution in [0.2, 0.25) is 0 Å². The van der Waals surface area contributed by atoms with Gasteiger partial charge in [-0.1, -0.05) is 25.9 Å². The van der Waals surface area contributed by atoms with Crippen molar-refractivity contribution in [3.05, 3.63) is 0 Å². The van der Waals surface area contributed by atoms with Gasteiger partial charge in [0.1, 0.15) is 5.78 Å². The van der Waals surface area contributed by atoms with Crippen molar-refractivity contribution in [3.63, 3.8) is 0 Å². The molecule has 4 aliphatic carbocycles. The minimum Gasteiger partial charge on any atom is -0.395 e. The van der Waals surface area contributed by atoms with Crippen LogP contribution >= 0.6 is 0 Å². The summed E-state index contributed by atoms with van der Waals surface area (Å²) in [7, 11) is 0. The van der Waals surface area contributed by atoms with E-state index >= 15 is 0 Å². The fourth-order valence-corrected chi connectivity index (χ4v) is 8.77. The van der Waals surface area contributed by atoms with Gasteiger partial charge < -0.3 is 15.3 Å². The van der Waals surface area contributed by atoms with Gasteiger partial charge in [-0.25, -0.2) is 4.79 Å². The van der Waals surface area contributed by atoms with Crippen LogP contribution in [-0.4, -0.2) is 60.4 Å². The van der Waals surface area contributed by atoms with Crippen molar-refractivity contribution in [1.82, 2.24) is 10.2 Å². The fourth-order valence-electron chi connectivity index (χ4n) is 8.77. The van der Waals surface area contributed by atoms with E-state index in [-0.39, 0.29) is 18.6 Å². The Bertz CT molecular complexity index is 816. The number of aliphatic hydroxyl groups excluding tert-OH is 1. The van der Waals surface area contributed by atoms with Crippen molar-refractivity contribution in [1.29, 1.82) is 0 Å². The molecule has 4 saturated carbocycles. The lowest BCUT2D eigenvalue weighted by Crippen LogP contribution is -2.53. The SMILES string of the molecule is CCNCCN(CCO)C(=O)O/N=C(\C)[C@H]1CC[C@H]2[C@@H]3CC[C@@H]4CC(=O)CC[C@]4(C)[C@H]3CC[C@]12C. The van der Waals surface area contributed by atoms with Crippen LogP contribution in [0.15, 0.2) is 5.16 Å². The van der Waals surface area contributed by atoms with E-state index in [0.29, 0.717) is 42.0 Å². The second-order valence-electron chi connectivity index (χ2n) is 12.2. The Labute approximate surface area is 211 Å². The molecule has 4 rings (SSSR count). The van der Waals surface area contributed by atoms with E-state index in [9.17, 15) is 14.7 Å². The first-order chi connectivity index (χ1) is 16.7. The number of hydrogen-bond donors (Lipinski definition) is 2. The first kappa shape index (κ1) is 26.6. The molecule has 0 aliphatic heterocycles. The third-order valence-electron chi connectivity index (χ3n) is 10.7. The summed E-state index contributed by atoms with van der Waals surface area (Å²) in [5.41, 5.74) is 1.46. The van der Waals surface area contributed by atoms with E-state index in [2.05, 4.69) is 24.3 Å². The molecule has 0 heterocycles. The number of likely N-dealkylation sites (N-methyl/N-ethyl adjacent to an activating group) is 1. The number of nitrogens with zero attached hydrogens (tertiary/aromatic N) is 2. The van der Waals surface area contributed by atoms with Crippen LogP contribution in [0.3, 0.4) is 0 Å². The largest absolute Gasteiger partial charge is 0.436 e. The van der Waals surface area contributed by atoms with Crippen LogP contribution in [0.1, 0.15) is 85.5 Å². The van der Waals surface area contributed by atoms with Gasteiger partial charge >= 0.3 is 6.09 Å². The molecule has 0 radical (unpaired) electrons. The van der Waals surface area contributed by atoms with Crippen LogP contribution in [-0.2, 0) is 9.63 Å². The summed E-state index contributed by atoms with van der Waals surface area (Å²) in [5.74, 6) is 3.58. The Hall–Kier alpha value is -1.47.